The van der Waals surface area contributed by atoms with Gasteiger partial charge in [0.05, 0.1) is 0 Å². The van der Waals surface area contributed by atoms with Gasteiger partial charge in [0.2, 0.25) is 0 Å². The zero-order valence-electron chi connectivity index (χ0n) is 14.0. The monoisotopic (exact) mass is 345 g/mol. The number of likely N-dealkylation sites (tertiary alicyclic amines) is 1. The number of hydrogen-bond acceptors (Lipinski definition) is 3. The highest BCUT2D eigenvalue weighted by Gasteiger charge is 2.35. The molecule has 134 valence electrons. The van der Waals surface area contributed by atoms with Gasteiger partial charge in [-0.25, -0.2) is 18.0 Å². The minimum absolute atomic E-state index is 0.0248. The fourth-order valence-electron chi connectivity index (χ4n) is 2.94. The van der Waals surface area contributed by atoms with Crippen molar-refractivity contribution in [2.45, 2.75) is 38.7 Å². The molecule has 2 rings (SSSR count). The van der Waals surface area contributed by atoms with Crippen LogP contribution in [0.15, 0.2) is 12.1 Å². The molecule has 1 heterocycles. The van der Waals surface area contributed by atoms with Gasteiger partial charge in [-0.15, -0.1) is 0 Å². The van der Waals surface area contributed by atoms with Crippen LogP contribution in [-0.2, 0) is 4.74 Å². The van der Waals surface area contributed by atoms with Gasteiger partial charge in [0.15, 0.2) is 11.6 Å². The fraction of sp³-hybridized carbons (Fsp3) is 0.588. The molecule has 4 nitrogen and oxygen atoms in total. The maximum Gasteiger partial charge on any atom is 0.410 e. The molecular weight excluding hydrogens is 323 g/mol. The number of nitrogens with zero attached hydrogens (tertiary/aromatic N) is 1. The Kier molecular flexibility index (Phi) is 5.42. The first-order chi connectivity index (χ1) is 11.1. The number of aliphatic hydroxyl groups excluding tert-OH is 1. The molecule has 0 aliphatic carbocycles. The van der Waals surface area contributed by atoms with Crippen LogP contribution in [-0.4, -0.2) is 41.4 Å². The molecule has 0 radical (unpaired) electrons. The molecule has 24 heavy (non-hydrogen) atoms. The van der Waals surface area contributed by atoms with Gasteiger partial charge in [-0.05, 0) is 44.7 Å². The van der Waals surface area contributed by atoms with E-state index in [1.54, 1.807) is 20.8 Å². The van der Waals surface area contributed by atoms with Gasteiger partial charge in [-0.2, -0.15) is 0 Å². The Bertz CT molecular complexity index is 616. The normalized spacial score (nSPS) is 21.7. The summed E-state index contributed by atoms with van der Waals surface area (Å²) in [6.07, 6.45) is -0.183. The predicted octanol–water partition coefficient (Wildman–Crippen LogP) is 3.44. The summed E-state index contributed by atoms with van der Waals surface area (Å²) in [5, 5.41) is 9.60. The second-order valence-corrected chi connectivity index (χ2v) is 7.05. The second kappa shape index (κ2) is 7.01. The second-order valence-electron chi connectivity index (χ2n) is 7.05. The zero-order chi connectivity index (χ0) is 18.1. The summed E-state index contributed by atoms with van der Waals surface area (Å²) in [7, 11) is 0. The third-order valence-corrected chi connectivity index (χ3v) is 4.06. The first kappa shape index (κ1) is 18.6. The Labute approximate surface area is 139 Å². The van der Waals surface area contributed by atoms with Crippen molar-refractivity contribution in [1.29, 1.82) is 0 Å². The summed E-state index contributed by atoms with van der Waals surface area (Å²) in [5.41, 5.74) is -0.619. The van der Waals surface area contributed by atoms with E-state index in [2.05, 4.69) is 0 Å². The van der Waals surface area contributed by atoms with Gasteiger partial charge in [0.25, 0.3) is 0 Å². The molecular formula is C17H22F3NO3. The van der Waals surface area contributed by atoms with Gasteiger partial charge >= 0.3 is 6.09 Å². The van der Waals surface area contributed by atoms with E-state index in [4.69, 9.17) is 4.74 Å². The molecule has 7 heteroatoms. The number of hydrogen-bond donors (Lipinski definition) is 1. The van der Waals surface area contributed by atoms with Crippen LogP contribution >= 0.6 is 0 Å². The molecule has 1 amide bonds. The third kappa shape index (κ3) is 4.20. The fourth-order valence-corrected chi connectivity index (χ4v) is 2.94. The van der Waals surface area contributed by atoms with Gasteiger partial charge in [-0.1, -0.05) is 0 Å². The Morgan fingerprint density at radius 1 is 1.25 bits per heavy atom. The first-order valence-electron chi connectivity index (χ1n) is 7.85. The van der Waals surface area contributed by atoms with E-state index >= 15 is 0 Å². The maximum atomic E-state index is 14.0. The van der Waals surface area contributed by atoms with Crippen molar-refractivity contribution >= 4 is 6.09 Å². The number of benzene rings is 1. The first-order valence-corrected chi connectivity index (χ1v) is 7.85. The average molecular weight is 345 g/mol. The Hall–Kier alpha value is -1.76. The van der Waals surface area contributed by atoms with Gasteiger partial charge in [0.1, 0.15) is 11.4 Å². The lowest BCUT2D eigenvalue weighted by atomic mass is 9.80. The zero-order valence-corrected chi connectivity index (χ0v) is 14.0. The van der Waals surface area contributed by atoms with Crippen molar-refractivity contribution < 1.29 is 27.8 Å². The van der Waals surface area contributed by atoms with Gasteiger partial charge in [-0.3, -0.25) is 0 Å². The van der Waals surface area contributed by atoms with E-state index in [0.29, 0.717) is 12.5 Å². The van der Waals surface area contributed by atoms with Gasteiger partial charge < -0.3 is 14.7 Å². The van der Waals surface area contributed by atoms with Crippen LogP contribution in [0.3, 0.4) is 0 Å². The van der Waals surface area contributed by atoms with E-state index in [1.165, 1.54) is 4.90 Å². The predicted molar refractivity (Wildman–Crippen MR) is 82.1 cm³/mol. The number of amides is 1. The lowest BCUT2D eigenvalue weighted by Gasteiger charge is -2.38. The smallest absolute Gasteiger partial charge is 0.410 e. The van der Waals surface area contributed by atoms with Crippen LogP contribution in [0.4, 0.5) is 18.0 Å². The summed E-state index contributed by atoms with van der Waals surface area (Å²) < 4.78 is 45.8. The highest BCUT2D eigenvalue weighted by atomic mass is 19.2. The van der Waals surface area contributed by atoms with E-state index < -0.39 is 41.0 Å². The Morgan fingerprint density at radius 2 is 1.88 bits per heavy atom. The van der Waals surface area contributed by atoms with E-state index in [9.17, 15) is 23.1 Å². The number of rotatable bonds is 2. The van der Waals surface area contributed by atoms with Crippen molar-refractivity contribution in [2.75, 3.05) is 19.7 Å². The largest absolute Gasteiger partial charge is 0.444 e. The molecule has 1 aromatic carbocycles. The molecule has 0 bridgehead atoms. The quantitative estimate of drug-likeness (QED) is 0.836. The standard InChI is InChI=1S/C17H22F3NO3/c1-17(2,3)24-16(23)21-5-4-11(10(8-21)9-22)12-6-14(19)15(20)7-13(12)18/h6-7,10-11,22H,4-5,8-9H2,1-3H3/t10?,11-/m1/s1. The summed E-state index contributed by atoms with van der Waals surface area (Å²) in [5.74, 6) is -4.20. The summed E-state index contributed by atoms with van der Waals surface area (Å²) in [6, 6.07) is 1.35. The number of ether oxygens (including phenoxy) is 1. The Morgan fingerprint density at radius 3 is 2.46 bits per heavy atom. The maximum absolute atomic E-state index is 14.0. The number of carbonyl (C=O) groups is 1. The number of carbonyl (C=O) groups excluding carboxylic acids is 1. The molecule has 1 saturated heterocycles. The van der Waals surface area contributed by atoms with Crippen molar-refractivity contribution in [3.8, 4) is 0 Å². The van der Waals surface area contributed by atoms with E-state index in [0.717, 1.165) is 6.07 Å². The molecule has 0 aromatic heterocycles. The summed E-state index contributed by atoms with van der Waals surface area (Å²) >= 11 is 0. The summed E-state index contributed by atoms with van der Waals surface area (Å²) in [6.45, 7) is 5.39. The minimum Gasteiger partial charge on any atom is -0.444 e. The highest BCUT2D eigenvalue weighted by molar-refractivity contribution is 5.68. The Balaban J connectivity index is 2.16. The highest BCUT2D eigenvalue weighted by Crippen LogP contribution is 2.35. The van der Waals surface area contributed by atoms with Crippen molar-refractivity contribution in [3.63, 3.8) is 0 Å². The molecule has 2 atom stereocenters. The molecule has 1 aliphatic heterocycles. The van der Waals surface area contributed by atoms with Crippen molar-refractivity contribution in [2.24, 2.45) is 5.92 Å². The number of piperidine rings is 1. The van der Waals surface area contributed by atoms with Crippen LogP contribution in [0.5, 0.6) is 0 Å². The lowest BCUT2D eigenvalue weighted by molar-refractivity contribution is 0.00999. The van der Waals surface area contributed by atoms with Crippen LogP contribution in [0.2, 0.25) is 0 Å². The third-order valence-electron chi connectivity index (χ3n) is 4.06. The molecule has 1 fully saturated rings. The molecule has 1 unspecified atom stereocenters. The number of halogens is 3. The van der Waals surface area contributed by atoms with Crippen molar-refractivity contribution in [3.05, 3.63) is 35.1 Å². The molecule has 0 saturated carbocycles. The van der Waals surface area contributed by atoms with Crippen LogP contribution in [0.1, 0.15) is 38.7 Å². The van der Waals surface area contributed by atoms with Gasteiger partial charge in [0, 0.05) is 31.7 Å². The topological polar surface area (TPSA) is 49.8 Å². The van der Waals surface area contributed by atoms with Crippen LogP contribution in [0, 0.1) is 23.4 Å². The molecule has 0 spiro atoms. The molecule has 1 N–H and O–H groups in total. The summed E-state index contributed by atoms with van der Waals surface area (Å²) in [4.78, 5) is 13.6. The molecule has 1 aromatic rings. The van der Waals surface area contributed by atoms with Crippen LogP contribution in [0.25, 0.3) is 0 Å². The van der Waals surface area contributed by atoms with Crippen molar-refractivity contribution in [1.82, 2.24) is 4.90 Å². The average Bonchev–Trinajstić information content (AvgIpc) is 2.48. The lowest BCUT2D eigenvalue weighted by Crippen LogP contribution is -2.46. The number of aliphatic hydroxyl groups is 1. The molecule has 1 aliphatic rings. The minimum atomic E-state index is -1.25. The van der Waals surface area contributed by atoms with Crippen LogP contribution < -0.4 is 0 Å². The van der Waals surface area contributed by atoms with E-state index in [-0.39, 0.29) is 25.3 Å². The van der Waals surface area contributed by atoms with E-state index in [1.807, 2.05) is 0 Å². The SMILES string of the molecule is CC(C)(C)OC(=O)N1CC[C@@H](c2cc(F)c(F)cc2F)C(CO)C1.